The van der Waals surface area contributed by atoms with Crippen molar-refractivity contribution in [1.82, 2.24) is 0 Å². The summed E-state index contributed by atoms with van der Waals surface area (Å²) in [7, 11) is 0. The van der Waals surface area contributed by atoms with Gasteiger partial charge in [-0.25, -0.2) is 0 Å². The Balaban J connectivity index is 1.74. The van der Waals surface area contributed by atoms with Crippen molar-refractivity contribution >= 4 is 11.6 Å². The van der Waals surface area contributed by atoms with Gasteiger partial charge in [-0.1, -0.05) is 37.6 Å². The van der Waals surface area contributed by atoms with Crippen LogP contribution in [0.3, 0.4) is 0 Å². The van der Waals surface area contributed by atoms with Crippen molar-refractivity contribution in [3.63, 3.8) is 0 Å². The van der Waals surface area contributed by atoms with Crippen LogP contribution >= 0.6 is 11.6 Å². The summed E-state index contributed by atoms with van der Waals surface area (Å²) in [6.45, 7) is 4.91. The summed E-state index contributed by atoms with van der Waals surface area (Å²) < 4.78 is 0. The summed E-state index contributed by atoms with van der Waals surface area (Å²) >= 11 is 6.14. The van der Waals surface area contributed by atoms with Gasteiger partial charge in [-0.05, 0) is 73.0 Å². The Bertz CT molecular complexity index is 563. The van der Waals surface area contributed by atoms with E-state index in [1.807, 2.05) is 24.3 Å². The summed E-state index contributed by atoms with van der Waals surface area (Å²) in [6, 6.07) is 7.85. The van der Waals surface area contributed by atoms with Crippen LogP contribution in [0.25, 0.3) is 0 Å². The van der Waals surface area contributed by atoms with E-state index in [9.17, 15) is 5.11 Å². The largest absolute Gasteiger partial charge is 0.388 e. The van der Waals surface area contributed by atoms with Gasteiger partial charge in [-0.2, -0.15) is 0 Å². The van der Waals surface area contributed by atoms with Crippen LogP contribution < -0.4 is 0 Å². The first-order valence-electron chi connectivity index (χ1n) is 8.25. The van der Waals surface area contributed by atoms with Crippen LogP contribution in [0, 0.1) is 22.2 Å². The molecule has 0 spiro atoms. The second kappa shape index (κ2) is 4.26. The maximum atomic E-state index is 11.2. The lowest BCUT2D eigenvalue weighted by Crippen LogP contribution is -2.56. The maximum Gasteiger partial charge on any atom is 0.0847 e. The standard InChI is InChI=1S/C19H25ClO/c1-17-7-13-8-18(2,10-17)12-19(9-13,11-17)16(21)14-4-3-5-15(20)6-14/h3-6,13,16,21H,7-12H2,1-2H3. The molecular weight excluding hydrogens is 280 g/mol. The zero-order valence-electron chi connectivity index (χ0n) is 13.0. The molecule has 0 amide bonds. The molecule has 21 heavy (non-hydrogen) atoms. The van der Waals surface area contributed by atoms with Crippen molar-refractivity contribution in [2.75, 3.05) is 0 Å². The number of rotatable bonds is 2. The molecule has 4 saturated carbocycles. The van der Waals surface area contributed by atoms with Crippen LogP contribution in [-0.4, -0.2) is 5.11 Å². The third kappa shape index (κ3) is 2.16. The Kier molecular flexibility index (Phi) is 2.86. The number of halogens is 1. The molecule has 1 aromatic carbocycles. The van der Waals surface area contributed by atoms with Gasteiger partial charge in [0.25, 0.3) is 0 Å². The Hall–Kier alpha value is -0.530. The Morgan fingerprint density at radius 3 is 2.33 bits per heavy atom. The van der Waals surface area contributed by atoms with E-state index in [2.05, 4.69) is 13.8 Å². The minimum absolute atomic E-state index is 0.0770. The van der Waals surface area contributed by atoms with Gasteiger partial charge >= 0.3 is 0 Å². The molecular formula is C19H25ClO. The molecule has 0 heterocycles. The number of benzene rings is 1. The highest BCUT2D eigenvalue weighted by atomic mass is 35.5. The molecule has 114 valence electrons. The van der Waals surface area contributed by atoms with Crippen molar-refractivity contribution in [2.24, 2.45) is 22.2 Å². The molecule has 4 aliphatic carbocycles. The highest BCUT2D eigenvalue weighted by Gasteiger charge is 2.62. The Labute approximate surface area is 132 Å². The molecule has 4 aliphatic rings. The van der Waals surface area contributed by atoms with Gasteiger partial charge in [0, 0.05) is 10.4 Å². The second-order valence-electron chi connectivity index (χ2n) is 8.95. The van der Waals surface area contributed by atoms with Crippen molar-refractivity contribution in [3.8, 4) is 0 Å². The lowest BCUT2D eigenvalue weighted by atomic mass is 9.39. The van der Waals surface area contributed by atoms with Gasteiger partial charge in [0.05, 0.1) is 6.10 Å². The molecule has 0 aromatic heterocycles. The molecule has 4 fully saturated rings. The van der Waals surface area contributed by atoms with E-state index in [4.69, 9.17) is 11.6 Å². The number of aliphatic hydroxyl groups is 1. The summed E-state index contributed by atoms with van der Waals surface area (Å²) in [6.07, 6.45) is 7.28. The van der Waals surface area contributed by atoms with Gasteiger partial charge < -0.3 is 5.11 Å². The molecule has 1 aromatic rings. The fraction of sp³-hybridized carbons (Fsp3) is 0.684. The summed E-state index contributed by atoms with van der Waals surface area (Å²) in [5.41, 5.74) is 1.96. The first-order chi connectivity index (χ1) is 9.82. The van der Waals surface area contributed by atoms with E-state index in [0.29, 0.717) is 10.8 Å². The van der Waals surface area contributed by atoms with E-state index in [1.54, 1.807) is 0 Å². The molecule has 2 heteroatoms. The minimum atomic E-state index is -0.363. The van der Waals surface area contributed by atoms with Crippen LogP contribution in [0.4, 0.5) is 0 Å². The average Bonchev–Trinajstić information content (AvgIpc) is 2.33. The fourth-order valence-electron chi connectivity index (χ4n) is 6.87. The first-order valence-corrected chi connectivity index (χ1v) is 8.63. The van der Waals surface area contributed by atoms with E-state index < -0.39 is 0 Å². The molecule has 0 radical (unpaired) electrons. The number of aliphatic hydroxyl groups excluding tert-OH is 1. The van der Waals surface area contributed by atoms with E-state index >= 15 is 0 Å². The summed E-state index contributed by atoms with van der Waals surface area (Å²) in [4.78, 5) is 0. The minimum Gasteiger partial charge on any atom is -0.388 e. The highest BCUT2D eigenvalue weighted by molar-refractivity contribution is 6.30. The lowest BCUT2D eigenvalue weighted by molar-refractivity contribution is -0.187. The predicted octanol–water partition coefficient (Wildman–Crippen LogP) is 5.37. The zero-order chi connectivity index (χ0) is 14.9. The Morgan fingerprint density at radius 2 is 1.76 bits per heavy atom. The molecule has 0 aliphatic heterocycles. The smallest absolute Gasteiger partial charge is 0.0847 e. The first kappa shape index (κ1) is 14.1. The van der Waals surface area contributed by atoms with Crippen molar-refractivity contribution in [2.45, 2.75) is 58.5 Å². The van der Waals surface area contributed by atoms with Crippen molar-refractivity contribution in [3.05, 3.63) is 34.9 Å². The zero-order valence-corrected chi connectivity index (χ0v) is 13.8. The second-order valence-corrected chi connectivity index (χ2v) is 9.39. The van der Waals surface area contributed by atoms with Gasteiger partial charge in [-0.15, -0.1) is 0 Å². The van der Waals surface area contributed by atoms with Crippen molar-refractivity contribution in [1.29, 1.82) is 0 Å². The van der Waals surface area contributed by atoms with Crippen LogP contribution in [0.15, 0.2) is 24.3 Å². The average molecular weight is 305 g/mol. The molecule has 3 atom stereocenters. The Morgan fingerprint density at radius 1 is 1.10 bits per heavy atom. The summed E-state index contributed by atoms with van der Waals surface area (Å²) in [5, 5.41) is 11.9. The van der Waals surface area contributed by atoms with Gasteiger partial charge in [0.1, 0.15) is 0 Å². The third-order valence-electron chi connectivity index (χ3n) is 6.41. The lowest BCUT2D eigenvalue weighted by Gasteiger charge is -2.66. The SMILES string of the molecule is CC12CC3CC(C)(C1)CC(C(O)c1cccc(Cl)c1)(C3)C2. The molecule has 0 saturated heterocycles. The van der Waals surface area contributed by atoms with Gasteiger partial charge in [-0.3, -0.25) is 0 Å². The fourth-order valence-corrected chi connectivity index (χ4v) is 7.07. The third-order valence-corrected chi connectivity index (χ3v) is 6.65. The highest BCUT2D eigenvalue weighted by Crippen LogP contribution is 2.72. The van der Waals surface area contributed by atoms with Gasteiger partial charge in [0.2, 0.25) is 0 Å². The molecule has 1 N–H and O–H groups in total. The van der Waals surface area contributed by atoms with Crippen LogP contribution in [0.1, 0.15) is 64.0 Å². The van der Waals surface area contributed by atoms with Crippen LogP contribution in [0.2, 0.25) is 5.02 Å². The number of hydrogen-bond donors (Lipinski definition) is 1. The van der Waals surface area contributed by atoms with Crippen LogP contribution in [0.5, 0.6) is 0 Å². The monoisotopic (exact) mass is 304 g/mol. The topological polar surface area (TPSA) is 20.2 Å². The van der Waals surface area contributed by atoms with E-state index in [1.165, 1.54) is 38.5 Å². The maximum absolute atomic E-state index is 11.2. The molecule has 1 nitrogen and oxygen atoms in total. The normalized spacial score (nSPS) is 45.8. The quantitative estimate of drug-likeness (QED) is 0.778. The van der Waals surface area contributed by atoms with E-state index in [-0.39, 0.29) is 11.5 Å². The van der Waals surface area contributed by atoms with E-state index in [0.717, 1.165) is 16.5 Å². The predicted molar refractivity (Wildman–Crippen MR) is 86.3 cm³/mol. The van der Waals surface area contributed by atoms with Crippen LogP contribution in [-0.2, 0) is 0 Å². The number of hydrogen-bond acceptors (Lipinski definition) is 1. The summed E-state index contributed by atoms with van der Waals surface area (Å²) in [5.74, 6) is 0.810. The molecule has 5 rings (SSSR count). The van der Waals surface area contributed by atoms with Gasteiger partial charge in [0.15, 0.2) is 0 Å². The molecule has 4 bridgehead atoms. The molecule has 3 unspecified atom stereocenters. The van der Waals surface area contributed by atoms with Crippen molar-refractivity contribution < 1.29 is 5.11 Å².